The molecule has 3 aromatic heterocycles. The van der Waals surface area contributed by atoms with Gasteiger partial charge in [0.15, 0.2) is 11.6 Å². The molecule has 58 heavy (non-hydrogen) atoms. The van der Waals surface area contributed by atoms with Crippen molar-refractivity contribution in [1.29, 1.82) is 0 Å². The van der Waals surface area contributed by atoms with Crippen molar-refractivity contribution in [1.82, 2.24) is 19.5 Å². The van der Waals surface area contributed by atoms with E-state index in [1.54, 1.807) is 0 Å². The molecule has 0 radical (unpaired) electrons. The number of furan rings is 1. The Hall–Kier alpha value is -7.89. The van der Waals surface area contributed by atoms with Gasteiger partial charge in [-0.2, -0.15) is 9.97 Å². The normalized spacial score (nSPS) is 14.0. The first-order valence-electron chi connectivity index (χ1n) is 23.3. The van der Waals surface area contributed by atoms with E-state index in [0.29, 0.717) is 5.56 Å². The Morgan fingerprint density at radius 2 is 1.07 bits per heavy atom. The molecule has 0 fully saturated rings. The van der Waals surface area contributed by atoms with E-state index in [1.165, 1.54) is 5.39 Å². The molecule has 5 nitrogen and oxygen atoms in total. The van der Waals surface area contributed by atoms with E-state index in [2.05, 4.69) is 54.6 Å². The van der Waals surface area contributed by atoms with Crippen LogP contribution in [0.4, 0.5) is 0 Å². The lowest BCUT2D eigenvalue weighted by Crippen LogP contribution is -2.06. The van der Waals surface area contributed by atoms with Gasteiger partial charge in [-0.15, -0.1) is 0 Å². The highest BCUT2D eigenvalue weighted by Crippen LogP contribution is 2.39. The van der Waals surface area contributed by atoms with Crippen LogP contribution < -0.4 is 0 Å². The third-order valence-electron chi connectivity index (χ3n) is 10.7. The lowest BCUT2D eigenvalue weighted by molar-refractivity contribution is 0.669. The van der Waals surface area contributed by atoms with Crippen molar-refractivity contribution in [2.45, 2.75) is 0 Å². The summed E-state index contributed by atoms with van der Waals surface area (Å²) in [6.45, 7) is 0. The van der Waals surface area contributed by atoms with Gasteiger partial charge in [0.1, 0.15) is 11.2 Å². The van der Waals surface area contributed by atoms with Gasteiger partial charge in [0.25, 0.3) is 0 Å². The van der Waals surface area contributed by atoms with Crippen molar-refractivity contribution in [2.75, 3.05) is 0 Å². The monoisotopic (exact) mass is 749 g/mol. The summed E-state index contributed by atoms with van der Waals surface area (Å²) in [4.78, 5) is 15.2. The topological polar surface area (TPSA) is 56.7 Å². The number of hydrogen-bond acceptors (Lipinski definition) is 4. The third-order valence-corrected chi connectivity index (χ3v) is 10.7. The van der Waals surface area contributed by atoms with Crippen LogP contribution in [0, 0.1) is 0 Å². The standard InChI is InChI=1S/C53H32N4O/c1-2-12-36-29-40(28-27-33(36)11-1)35-25-23-34(24-26-35)37-15-9-16-41(30-37)51-54-52(56-53(55-51)57-46-20-7-5-17-42(46)43-18-6-8-21-47(43)57)44-19-10-22-48-50(44)45-31-38-13-3-4-14-39(38)32-49(45)58-48/h1-32H/i3D,4D,10D,13D,14D,19D,22D,31D,32D. The maximum atomic E-state index is 9.48. The van der Waals surface area contributed by atoms with Crippen LogP contribution in [-0.2, 0) is 0 Å². The summed E-state index contributed by atoms with van der Waals surface area (Å²) >= 11 is 0. The molecule has 0 aliphatic rings. The van der Waals surface area contributed by atoms with E-state index in [4.69, 9.17) is 27.6 Å². The first-order valence-corrected chi connectivity index (χ1v) is 18.8. The van der Waals surface area contributed by atoms with Gasteiger partial charge in [0.2, 0.25) is 5.95 Å². The van der Waals surface area contributed by atoms with Crippen molar-refractivity contribution in [2.24, 2.45) is 0 Å². The van der Waals surface area contributed by atoms with Gasteiger partial charge in [-0.05, 0) is 86.2 Å². The molecule has 0 aliphatic carbocycles. The van der Waals surface area contributed by atoms with E-state index >= 15 is 0 Å². The molecule has 0 spiro atoms. The molecule has 0 saturated carbocycles. The molecule has 12 rings (SSSR count). The predicted octanol–water partition coefficient (Wildman–Crippen LogP) is 13.8. The molecule has 0 bridgehead atoms. The molecule has 3 heterocycles. The Labute approximate surface area is 345 Å². The van der Waals surface area contributed by atoms with Crippen LogP contribution in [0.5, 0.6) is 0 Å². The summed E-state index contributed by atoms with van der Waals surface area (Å²) in [6.07, 6.45) is 0. The highest BCUT2D eigenvalue weighted by molar-refractivity contribution is 6.15. The largest absolute Gasteiger partial charge is 0.456 e. The van der Waals surface area contributed by atoms with E-state index in [0.717, 1.165) is 49.4 Å². The Bertz CT molecular complexity index is 4060. The summed E-state index contributed by atoms with van der Waals surface area (Å²) in [7, 11) is 0. The molecular formula is C53H32N4O. The first kappa shape index (κ1) is 24.6. The fraction of sp³-hybridized carbons (Fsp3) is 0. The van der Waals surface area contributed by atoms with Gasteiger partial charge < -0.3 is 4.42 Å². The molecule has 9 aromatic carbocycles. The summed E-state index contributed by atoms with van der Waals surface area (Å²) in [6, 6.07) is 42.1. The van der Waals surface area contributed by atoms with Crippen molar-refractivity contribution in [3.8, 4) is 51.0 Å². The zero-order valence-electron chi connectivity index (χ0n) is 39.5. The van der Waals surface area contributed by atoms with Crippen LogP contribution in [0.2, 0.25) is 0 Å². The number of benzene rings is 9. The summed E-state index contributed by atoms with van der Waals surface area (Å²) in [5, 5.41) is 3.74. The van der Waals surface area contributed by atoms with Crippen LogP contribution in [0.3, 0.4) is 0 Å². The van der Waals surface area contributed by atoms with Gasteiger partial charge in [-0.25, -0.2) is 4.98 Å². The summed E-state index contributed by atoms with van der Waals surface area (Å²) in [5.74, 6) is 0.348. The van der Waals surface area contributed by atoms with Crippen LogP contribution in [0.25, 0.3) is 116 Å². The summed E-state index contributed by atoms with van der Waals surface area (Å²) < 4.78 is 88.4. The number of nitrogens with zero attached hydrogens (tertiary/aromatic N) is 4. The van der Waals surface area contributed by atoms with E-state index in [1.807, 2.05) is 89.5 Å². The van der Waals surface area contributed by atoms with Crippen molar-refractivity contribution >= 4 is 65.3 Å². The Balaban J connectivity index is 1.11. The van der Waals surface area contributed by atoms with Gasteiger partial charge >= 0.3 is 0 Å². The maximum Gasteiger partial charge on any atom is 0.238 e. The lowest BCUT2D eigenvalue weighted by Gasteiger charge is -2.12. The Morgan fingerprint density at radius 1 is 0.431 bits per heavy atom. The molecule has 0 amide bonds. The van der Waals surface area contributed by atoms with Crippen molar-refractivity contribution in [3.05, 3.63) is 194 Å². The second kappa shape index (κ2) is 12.8. The average molecular weight is 750 g/mol. The van der Waals surface area contributed by atoms with Crippen LogP contribution in [-0.4, -0.2) is 19.5 Å². The molecular weight excluding hydrogens is 709 g/mol. The highest BCUT2D eigenvalue weighted by atomic mass is 16.3. The molecule has 0 unspecified atom stereocenters. The van der Waals surface area contributed by atoms with Crippen LogP contribution in [0.1, 0.15) is 12.3 Å². The minimum Gasteiger partial charge on any atom is -0.456 e. The second-order valence-corrected chi connectivity index (χ2v) is 14.1. The van der Waals surface area contributed by atoms with Gasteiger partial charge in [0, 0.05) is 32.7 Å². The number of hydrogen-bond donors (Lipinski definition) is 0. The molecule has 0 aliphatic heterocycles. The number of rotatable bonds is 5. The predicted molar refractivity (Wildman–Crippen MR) is 238 cm³/mol. The smallest absolute Gasteiger partial charge is 0.238 e. The molecule has 0 atom stereocenters. The molecule has 270 valence electrons. The van der Waals surface area contributed by atoms with Crippen LogP contribution >= 0.6 is 0 Å². The SMILES string of the molecule is [2H]c1c([2H])c(-c2nc(-c3cccc(-c4ccc(-c5ccc6ccccc6c5)cc4)c3)nc(-n3c4ccccc4c4ccccc43)n2)c2c(oc3c([2H])c4c([2H])c([2H])c([2H])c([2H])c4c([2H])c32)c1[2H]. The number of para-hydroxylation sites is 2. The van der Waals surface area contributed by atoms with Crippen LogP contribution in [0.15, 0.2) is 198 Å². The lowest BCUT2D eigenvalue weighted by atomic mass is 9.97. The zero-order chi connectivity index (χ0) is 46.0. The second-order valence-electron chi connectivity index (χ2n) is 14.1. The molecule has 5 heteroatoms. The van der Waals surface area contributed by atoms with Gasteiger partial charge in [0.05, 0.1) is 23.4 Å². The molecule has 12 aromatic rings. The average Bonchev–Trinajstić information content (AvgIpc) is 3.93. The van der Waals surface area contributed by atoms with Gasteiger partial charge in [-0.3, -0.25) is 4.57 Å². The quantitative estimate of drug-likeness (QED) is 0.176. The Morgan fingerprint density at radius 3 is 1.84 bits per heavy atom. The minimum atomic E-state index is -0.574. The fourth-order valence-electron chi connectivity index (χ4n) is 7.99. The minimum absolute atomic E-state index is 0.000567. The van der Waals surface area contributed by atoms with E-state index in [-0.39, 0.29) is 61.9 Å². The third kappa shape index (κ3) is 5.21. The van der Waals surface area contributed by atoms with E-state index < -0.39 is 48.3 Å². The zero-order valence-corrected chi connectivity index (χ0v) is 30.5. The molecule has 0 saturated heterocycles. The van der Waals surface area contributed by atoms with Gasteiger partial charge in [-0.1, -0.05) is 152 Å². The molecule has 0 N–H and O–H groups in total. The maximum absolute atomic E-state index is 9.48. The van der Waals surface area contributed by atoms with Crippen molar-refractivity contribution in [3.63, 3.8) is 0 Å². The van der Waals surface area contributed by atoms with Crippen molar-refractivity contribution < 1.29 is 16.8 Å². The van der Waals surface area contributed by atoms with E-state index in [9.17, 15) is 4.11 Å². The fourth-order valence-corrected chi connectivity index (χ4v) is 7.99. The Kier molecular flexibility index (Phi) is 5.44. The number of aromatic nitrogens is 4. The summed E-state index contributed by atoms with van der Waals surface area (Å²) in [5.41, 5.74) is 5.72. The number of fused-ring (bicyclic) bond motifs is 8. The first-order chi connectivity index (χ1) is 32.5. The highest BCUT2D eigenvalue weighted by Gasteiger charge is 2.21.